The zero-order valence-corrected chi connectivity index (χ0v) is 13.0. The van der Waals surface area contributed by atoms with Crippen molar-refractivity contribution in [1.29, 1.82) is 0 Å². The highest BCUT2D eigenvalue weighted by atomic mass is 16.5. The van der Waals surface area contributed by atoms with E-state index in [0.717, 1.165) is 22.4 Å². The predicted octanol–water partition coefficient (Wildman–Crippen LogP) is 3.49. The third-order valence-corrected chi connectivity index (χ3v) is 4.02. The van der Waals surface area contributed by atoms with E-state index >= 15 is 0 Å². The van der Waals surface area contributed by atoms with Crippen molar-refractivity contribution in [3.05, 3.63) is 77.6 Å². The van der Waals surface area contributed by atoms with Crippen LogP contribution in [0.2, 0.25) is 0 Å². The third-order valence-electron chi connectivity index (χ3n) is 4.02. The van der Waals surface area contributed by atoms with Crippen molar-refractivity contribution < 1.29 is 4.74 Å². The number of fused-ring (bicyclic) bond motifs is 1. The summed E-state index contributed by atoms with van der Waals surface area (Å²) in [6.45, 7) is 0.533. The topological polar surface area (TPSA) is 73.4 Å². The monoisotopic (exact) mass is 316 g/mol. The minimum atomic E-state index is -0.0403. The van der Waals surface area contributed by atoms with Crippen LogP contribution >= 0.6 is 0 Å². The van der Waals surface area contributed by atoms with Crippen molar-refractivity contribution >= 4 is 17.9 Å². The first kappa shape index (κ1) is 14.4. The molecule has 5 heteroatoms. The average molecular weight is 316 g/mol. The van der Waals surface area contributed by atoms with Gasteiger partial charge in [-0.05, 0) is 23.3 Å². The zero-order valence-electron chi connectivity index (χ0n) is 13.0. The fourth-order valence-corrected chi connectivity index (χ4v) is 2.81. The number of nitrogen functional groups attached to an aromatic ring is 1. The Morgan fingerprint density at radius 3 is 2.75 bits per heavy atom. The number of hydrogen-bond acceptors (Lipinski definition) is 5. The Kier molecular flexibility index (Phi) is 3.67. The summed E-state index contributed by atoms with van der Waals surface area (Å²) in [5, 5.41) is 0. The molecule has 0 aliphatic carbocycles. The van der Waals surface area contributed by atoms with Gasteiger partial charge in [0.05, 0.1) is 11.5 Å². The Labute approximate surface area is 139 Å². The van der Waals surface area contributed by atoms with Crippen LogP contribution in [0.1, 0.15) is 22.6 Å². The number of nitrogens with zero attached hydrogens (tertiary/aromatic N) is 3. The molecule has 1 atom stereocenters. The summed E-state index contributed by atoms with van der Waals surface area (Å²) in [6, 6.07) is 18.1. The number of anilines is 1. The van der Waals surface area contributed by atoms with Crippen molar-refractivity contribution in [3.63, 3.8) is 0 Å². The number of ether oxygens (including phenoxy) is 1. The molecule has 3 aromatic rings. The van der Waals surface area contributed by atoms with Gasteiger partial charge < -0.3 is 10.5 Å². The van der Waals surface area contributed by atoms with E-state index in [1.54, 1.807) is 0 Å². The van der Waals surface area contributed by atoms with Gasteiger partial charge in [0, 0.05) is 6.21 Å². The van der Waals surface area contributed by atoms with Crippen LogP contribution in [0.5, 0.6) is 5.75 Å². The Hall–Kier alpha value is -3.21. The second-order valence-corrected chi connectivity index (χ2v) is 5.60. The van der Waals surface area contributed by atoms with Crippen LogP contribution in [-0.4, -0.2) is 16.2 Å². The van der Waals surface area contributed by atoms with Crippen LogP contribution in [0, 0.1) is 0 Å². The first-order valence-electron chi connectivity index (χ1n) is 7.72. The molecule has 1 aromatic heterocycles. The molecular weight excluding hydrogens is 300 g/mol. The van der Waals surface area contributed by atoms with Crippen LogP contribution in [0.3, 0.4) is 0 Å². The number of aromatic nitrogens is 2. The molecule has 5 nitrogen and oxygen atoms in total. The average Bonchev–Trinajstić information content (AvgIpc) is 3.07. The van der Waals surface area contributed by atoms with Gasteiger partial charge in [-0.2, -0.15) is 0 Å². The molecule has 2 heterocycles. The van der Waals surface area contributed by atoms with Gasteiger partial charge in [0.15, 0.2) is 5.82 Å². The zero-order chi connectivity index (χ0) is 16.4. The SMILES string of the molecule is Nc1ncnc2c1[C@@H](c1cccc(OCc3ccccc3)c1)C=N2. The summed E-state index contributed by atoms with van der Waals surface area (Å²) in [6.07, 6.45) is 3.29. The van der Waals surface area contributed by atoms with Gasteiger partial charge in [0.25, 0.3) is 0 Å². The van der Waals surface area contributed by atoms with Crippen molar-refractivity contribution in [3.8, 4) is 5.75 Å². The lowest BCUT2D eigenvalue weighted by molar-refractivity contribution is 0.306. The number of rotatable bonds is 4. The molecule has 0 bridgehead atoms. The molecule has 1 aliphatic rings. The number of nitrogens with two attached hydrogens (primary N) is 1. The van der Waals surface area contributed by atoms with Crippen molar-refractivity contribution in [1.82, 2.24) is 9.97 Å². The van der Waals surface area contributed by atoms with E-state index < -0.39 is 0 Å². The molecular formula is C19H16N4O. The number of aliphatic imine (C=N–C) groups is 1. The van der Waals surface area contributed by atoms with Gasteiger partial charge in [-0.1, -0.05) is 42.5 Å². The molecule has 0 saturated heterocycles. The van der Waals surface area contributed by atoms with Crippen LogP contribution < -0.4 is 10.5 Å². The van der Waals surface area contributed by atoms with Crippen molar-refractivity contribution in [2.24, 2.45) is 4.99 Å². The predicted molar refractivity (Wildman–Crippen MR) is 93.7 cm³/mol. The molecule has 0 unspecified atom stereocenters. The van der Waals surface area contributed by atoms with Crippen molar-refractivity contribution in [2.75, 3.05) is 5.73 Å². The molecule has 0 saturated carbocycles. The molecule has 0 amide bonds. The lowest BCUT2D eigenvalue weighted by Gasteiger charge is -2.13. The third kappa shape index (κ3) is 2.72. The summed E-state index contributed by atoms with van der Waals surface area (Å²) < 4.78 is 5.90. The van der Waals surface area contributed by atoms with E-state index in [1.807, 2.05) is 60.8 Å². The first-order valence-corrected chi connectivity index (χ1v) is 7.72. The maximum Gasteiger partial charge on any atom is 0.161 e. The van der Waals surface area contributed by atoms with E-state index in [9.17, 15) is 0 Å². The van der Waals surface area contributed by atoms with E-state index in [4.69, 9.17) is 10.5 Å². The second-order valence-electron chi connectivity index (χ2n) is 5.60. The highest BCUT2D eigenvalue weighted by Crippen LogP contribution is 2.38. The maximum absolute atomic E-state index is 6.01. The summed E-state index contributed by atoms with van der Waals surface area (Å²) in [7, 11) is 0. The molecule has 4 rings (SSSR count). The van der Waals surface area contributed by atoms with Gasteiger partial charge in [0.1, 0.15) is 24.5 Å². The van der Waals surface area contributed by atoms with E-state index in [-0.39, 0.29) is 5.92 Å². The molecule has 1 aliphatic heterocycles. The molecule has 2 N–H and O–H groups in total. The van der Waals surface area contributed by atoms with Gasteiger partial charge in [0.2, 0.25) is 0 Å². The minimum absolute atomic E-state index is 0.0403. The van der Waals surface area contributed by atoms with Crippen molar-refractivity contribution in [2.45, 2.75) is 12.5 Å². The van der Waals surface area contributed by atoms with Gasteiger partial charge >= 0.3 is 0 Å². The van der Waals surface area contributed by atoms with E-state index in [2.05, 4.69) is 15.0 Å². The largest absolute Gasteiger partial charge is 0.489 e. The molecule has 0 radical (unpaired) electrons. The lowest BCUT2D eigenvalue weighted by Crippen LogP contribution is -2.05. The summed E-state index contributed by atoms with van der Waals surface area (Å²) in [5.74, 6) is 1.89. The van der Waals surface area contributed by atoms with E-state index in [1.165, 1.54) is 6.33 Å². The van der Waals surface area contributed by atoms with Gasteiger partial charge in [-0.3, -0.25) is 0 Å². The lowest BCUT2D eigenvalue weighted by atomic mass is 9.94. The fourth-order valence-electron chi connectivity index (χ4n) is 2.81. The first-order chi connectivity index (χ1) is 11.8. The summed E-state index contributed by atoms with van der Waals surface area (Å²) in [5.41, 5.74) is 9.06. The van der Waals surface area contributed by atoms with Gasteiger partial charge in [-0.25, -0.2) is 15.0 Å². The van der Waals surface area contributed by atoms with E-state index in [0.29, 0.717) is 18.2 Å². The fraction of sp³-hybridized carbons (Fsp3) is 0.105. The molecule has 118 valence electrons. The molecule has 2 aromatic carbocycles. The second kappa shape index (κ2) is 6.12. The summed E-state index contributed by atoms with van der Waals surface area (Å²) >= 11 is 0. The highest BCUT2D eigenvalue weighted by Gasteiger charge is 2.25. The standard InChI is InChI=1S/C19H16N4O/c20-18-17-16(10-21-19(17)23-12-22-18)14-7-4-8-15(9-14)24-11-13-5-2-1-3-6-13/h1-10,12,16H,11H2,(H2,20,22,23)/t16-/m1/s1. The molecule has 0 spiro atoms. The molecule has 0 fully saturated rings. The maximum atomic E-state index is 6.01. The molecule has 24 heavy (non-hydrogen) atoms. The van der Waals surface area contributed by atoms with Crippen LogP contribution in [0.25, 0.3) is 0 Å². The normalized spacial score (nSPS) is 15.2. The van der Waals surface area contributed by atoms with Crippen LogP contribution in [0.15, 0.2) is 65.9 Å². The quantitative estimate of drug-likeness (QED) is 0.799. The Morgan fingerprint density at radius 2 is 1.88 bits per heavy atom. The van der Waals surface area contributed by atoms with Gasteiger partial charge in [-0.15, -0.1) is 0 Å². The Balaban J connectivity index is 1.57. The van der Waals surface area contributed by atoms with Crippen LogP contribution in [-0.2, 0) is 6.61 Å². The van der Waals surface area contributed by atoms with Crippen LogP contribution in [0.4, 0.5) is 11.6 Å². The minimum Gasteiger partial charge on any atom is -0.489 e. The Morgan fingerprint density at radius 1 is 1.00 bits per heavy atom. The number of hydrogen-bond donors (Lipinski definition) is 1. The smallest absolute Gasteiger partial charge is 0.161 e. The number of benzene rings is 2. The Bertz CT molecular complexity index is 893. The summed E-state index contributed by atoms with van der Waals surface area (Å²) in [4.78, 5) is 12.6. The highest BCUT2D eigenvalue weighted by molar-refractivity contribution is 5.85.